The zero-order valence-corrected chi connectivity index (χ0v) is 10.8. The van der Waals surface area contributed by atoms with Crippen molar-refractivity contribution in [2.24, 2.45) is 0 Å². The SMILES string of the molecule is COc1ccccc1C(=O)NC(CCS)C(=O)O. The summed E-state index contributed by atoms with van der Waals surface area (Å²) >= 11 is 3.96. The Hall–Kier alpha value is -1.69. The van der Waals surface area contributed by atoms with E-state index < -0.39 is 17.9 Å². The molecule has 0 heterocycles. The van der Waals surface area contributed by atoms with Crippen molar-refractivity contribution < 1.29 is 19.4 Å². The number of carbonyl (C=O) groups is 2. The maximum atomic E-state index is 11.9. The number of methoxy groups -OCH3 is 1. The van der Waals surface area contributed by atoms with Gasteiger partial charge < -0.3 is 15.2 Å². The lowest BCUT2D eigenvalue weighted by molar-refractivity contribution is -0.139. The highest BCUT2D eigenvalue weighted by Crippen LogP contribution is 2.17. The highest BCUT2D eigenvalue weighted by Gasteiger charge is 2.21. The Labute approximate surface area is 111 Å². The van der Waals surface area contributed by atoms with Crippen molar-refractivity contribution in [3.05, 3.63) is 29.8 Å². The summed E-state index contributed by atoms with van der Waals surface area (Å²) in [6, 6.07) is 5.70. The zero-order valence-electron chi connectivity index (χ0n) is 9.92. The van der Waals surface area contributed by atoms with Crippen LogP contribution < -0.4 is 10.1 Å². The number of carbonyl (C=O) groups excluding carboxylic acids is 1. The molecule has 1 aromatic rings. The molecule has 0 fully saturated rings. The highest BCUT2D eigenvalue weighted by molar-refractivity contribution is 7.80. The second-order valence-electron chi connectivity index (χ2n) is 3.58. The number of hydrogen-bond donors (Lipinski definition) is 3. The van der Waals surface area contributed by atoms with Gasteiger partial charge in [0.2, 0.25) is 0 Å². The molecule has 0 aliphatic carbocycles. The summed E-state index contributed by atoms with van der Waals surface area (Å²) in [4.78, 5) is 22.9. The van der Waals surface area contributed by atoms with Crippen molar-refractivity contribution in [3.8, 4) is 5.75 Å². The van der Waals surface area contributed by atoms with Crippen LogP contribution >= 0.6 is 12.6 Å². The Bertz CT molecular complexity index is 436. The van der Waals surface area contributed by atoms with Gasteiger partial charge in [-0.2, -0.15) is 12.6 Å². The van der Waals surface area contributed by atoms with Crippen molar-refractivity contribution in [1.29, 1.82) is 0 Å². The fourth-order valence-electron chi connectivity index (χ4n) is 1.45. The summed E-state index contributed by atoms with van der Waals surface area (Å²) < 4.78 is 5.05. The lowest BCUT2D eigenvalue weighted by Crippen LogP contribution is -2.41. The van der Waals surface area contributed by atoms with Crippen LogP contribution in [-0.2, 0) is 4.79 Å². The number of ether oxygens (including phenoxy) is 1. The average molecular weight is 269 g/mol. The fourth-order valence-corrected chi connectivity index (χ4v) is 1.71. The van der Waals surface area contributed by atoms with E-state index in [0.29, 0.717) is 17.1 Å². The molecule has 18 heavy (non-hydrogen) atoms. The van der Waals surface area contributed by atoms with E-state index in [1.165, 1.54) is 7.11 Å². The molecule has 0 saturated heterocycles. The molecular formula is C12H15NO4S. The van der Waals surface area contributed by atoms with Gasteiger partial charge in [-0.3, -0.25) is 4.79 Å². The zero-order chi connectivity index (χ0) is 13.5. The van der Waals surface area contributed by atoms with E-state index in [4.69, 9.17) is 9.84 Å². The Balaban J connectivity index is 2.83. The van der Waals surface area contributed by atoms with Crippen molar-refractivity contribution in [1.82, 2.24) is 5.32 Å². The Morgan fingerprint density at radius 1 is 1.44 bits per heavy atom. The second-order valence-corrected chi connectivity index (χ2v) is 4.02. The topological polar surface area (TPSA) is 75.6 Å². The highest BCUT2D eigenvalue weighted by atomic mass is 32.1. The Morgan fingerprint density at radius 3 is 2.67 bits per heavy atom. The number of benzene rings is 1. The first-order valence-corrected chi connectivity index (χ1v) is 6.01. The molecule has 2 N–H and O–H groups in total. The molecule has 1 rings (SSSR count). The summed E-state index contributed by atoms with van der Waals surface area (Å²) in [6.45, 7) is 0. The molecule has 1 amide bonds. The quantitative estimate of drug-likeness (QED) is 0.678. The third-order valence-corrected chi connectivity index (χ3v) is 2.63. The number of nitrogens with one attached hydrogen (secondary N) is 1. The van der Waals surface area contributed by atoms with Gasteiger partial charge in [0.25, 0.3) is 5.91 Å². The third-order valence-electron chi connectivity index (χ3n) is 2.37. The van der Waals surface area contributed by atoms with Gasteiger partial charge in [0.05, 0.1) is 12.7 Å². The molecule has 0 aliphatic rings. The summed E-state index contributed by atoms with van der Waals surface area (Å²) in [5, 5.41) is 11.4. The number of para-hydroxylation sites is 1. The van der Waals surface area contributed by atoms with Gasteiger partial charge in [-0.15, -0.1) is 0 Å². The molecule has 0 bridgehead atoms. The average Bonchev–Trinajstić information content (AvgIpc) is 2.37. The van der Waals surface area contributed by atoms with E-state index in [1.807, 2.05) is 0 Å². The van der Waals surface area contributed by atoms with Crippen LogP contribution in [0.3, 0.4) is 0 Å². The monoisotopic (exact) mass is 269 g/mol. The number of amides is 1. The van der Waals surface area contributed by atoms with Crippen LogP contribution in [0.25, 0.3) is 0 Å². The maximum absolute atomic E-state index is 11.9. The molecule has 1 unspecified atom stereocenters. The standard InChI is InChI=1S/C12H15NO4S/c1-17-10-5-3-2-4-8(10)11(14)13-9(6-7-18)12(15)16/h2-5,9,18H,6-7H2,1H3,(H,13,14)(H,15,16). The molecule has 0 spiro atoms. The normalized spacial score (nSPS) is 11.7. The van der Waals surface area contributed by atoms with Gasteiger partial charge in [0, 0.05) is 0 Å². The predicted octanol–water partition coefficient (Wildman–Crippen LogP) is 1.20. The number of carboxylic acid groups (broad SMARTS) is 1. The number of carboxylic acids is 1. The lowest BCUT2D eigenvalue weighted by atomic mass is 10.1. The van der Waals surface area contributed by atoms with Crippen LogP contribution in [0.5, 0.6) is 5.75 Å². The van der Waals surface area contributed by atoms with E-state index in [9.17, 15) is 9.59 Å². The van der Waals surface area contributed by atoms with E-state index in [-0.39, 0.29) is 6.42 Å². The van der Waals surface area contributed by atoms with Crippen LogP contribution in [0, 0.1) is 0 Å². The predicted molar refractivity (Wildman–Crippen MR) is 70.4 cm³/mol. The second kappa shape index (κ2) is 6.90. The number of thiol groups is 1. The minimum atomic E-state index is -1.08. The molecule has 0 aromatic heterocycles. The molecule has 5 nitrogen and oxygen atoms in total. The first-order valence-electron chi connectivity index (χ1n) is 5.37. The molecule has 98 valence electrons. The van der Waals surface area contributed by atoms with Gasteiger partial charge in [-0.1, -0.05) is 12.1 Å². The summed E-state index contributed by atoms with van der Waals surface area (Å²) in [5.74, 6) is -0.762. The van der Waals surface area contributed by atoms with Gasteiger partial charge in [-0.25, -0.2) is 4.79 Å². The van der Waals surface area contributed by atoms with Crippen molar-refractivity contribution in [2.75, 3.05) is 12.9 Å². The van der Waals surface area contributed by atoms with Crippen LogP contribution in [0.4, 0.5) is 0 Å². The van der Waals surface area contributed by atoms with Crippen LogP contribution in [0.15, 0.2) is 24.3 Å². The Kier molecular flexibility index (Phi) is 5.51. The van der Waals surface area contributed by atoms with E-state index in [0.717, 1.165) is 0 Å². The molecule has 1 atom stereocenters. The fraction of sp³-hybridized carbons (Fsp3) is 0.333. The minimum absolute atomic E-state index is 0.263. The lowest BCUT2D eigenvalue weighted by Gasteiger charge is -2.14. The van der Waals surface area contributed by atoms with Crippen LogP contribution in [0.2, 0.25) is 0 Å². The van der Waals surface area contributed by atoms with Gasteiger partial charge in [-0.05, 0) is 24.3 Å². The number of hydrogen-bond acceptors (Lipinski definition) is 4. The Morgan fingerprint density at radius 2 is 2.11 bits per heavy atom. The first-order chi connectivity index (χ1) is 8.60. The van der Waals surface area contributed by atoms with Gasteiger partial charge in [0.1, 0.15) is 11.8 Å². The van der Waals surface area contributed by atoms with E-state index in [2.05, 4.69) is 17.9 Å². The molecular weight excluding hydrogens is 254 g/mol. The number of rotatable bonds is 6. The molecule has 0 radical (unpaired) electrons. The minimum Gasteiger partial charge on any atom is -0.496 e. The molecule has 0 aliphatic heterocycles. The summed E-state index contributed by atoms with van der Waals surface area (Å²) in [6.07, 6.45) is 0.263. The largest absolute Gasteiger partial charge is 0.496 e. The van der Waals surface area contributed by atoms with Crippen molar-refractivity contribution >= 4 is 24.5 Å². The summed E-state index contributed by atoms with van der Waals surface area (Å²) in [5.41, 5.74) is 0.311. The van der Waals surface area contributed by atoms with E-state index >= 15 is 0 Å². The van der Waals surface area contributed by atoms with Crippen LogP contribution in [0.1, 0.15) is 16.8 Å². The van der Waals surface area contributed by atoms with E-state index in [1.54, 1.807) is 24.3 Å². The number of aliphatic carboxylic acids is 1. The molecule has 1 aromatic carbocycles. The summed E-state index contributed by atoms with van der Waals surface area (Å²) in [7, 11) is 1.45. The smallest absolute Gasteiger partial charge is 0.326 e. The van der Waals surface area contributed by atoms with Crippen molar-refractivity contribution in [2.45, 2.75) is 12.5 Å². The molecule has 0 saturated carbocycles. The maximum Gasteiger partial charge on any atom is 0.326 e. The van der Waals surface area contributed by atoms with Crippen molar-refractivity contribution in [3.63, 3.8) is 0 Å². The van der Waals surface area contributed by atoms with Crippen LogP contribution in [-0.4, -0.2) is 35.9 Å². The van der Waals surface area contributed by atoms with Gasteiger partial charge in [0.15, 0.2) is 0 Å². The molecule has 6 heteroatoms. The van der Waals surface area contributed by atoms with Gasteiger partial charge >= 0.3 is 5.97 Å². The first kappa shape index (κ1) is 14.4. The third kappa shape index (κ3) is 3.66.